The summed E-state index contributed by atoms with van der Waals surface area (Å²) in [5, 5.41) is 7.08. The first kappa shape index (κ1) is 17.6. The number of nitrogens with zero attached hydrogens (tertiary/aromatic N) is 4. The number of carbonyl (C=O) groups excluding carboxylic acids is 1. The number of aromatic amines is 1. The van der Waals surface area contributed by atoms with Crippen LogP contribution >= 0.6 is 0 Å². The van der Waals surface area contributed by atoms with Crippen molar-refractivity contribution in [3.8, 4) is 0 Å². The second-order valence-electron chi connectivity index (χ2n) is 6.73. The van der Waals surface area contributed by atoms with E-state index in [9.17, 15) is 4.79 Å². The van der Waals surface area contributed by atoms with Crippen LogP contribution in [0.2, 0.25) is 0 Å². The number of hydrogen-bond donors (Lipinski definition) is 1. The first-order valence-electron chi connectivity index (χ1n) is 9.08. The van der Waals surface area contributed by atoms with Crippen LogP contribution < -0.4 is 0 Å². The molecule has 0 aliphatic carbocycles. The molecule has 1 aliphatic heterocycles. The summed E-state index contributed by atoms with van der Waals surface area (Å²) in [6, 6.07) is 10.2. The van der Waals surface area contributed by atoms with Crippen LogP contribution in [0.1, 0.15) is 37.0 Å². The molecular formula is C19H27N5O. The van der Waals surface area contributed by atoms with Gasteiger partial charge >= 0.3 is 0 Å². The maximum atomic E-state index is 12.9. The molecule has 1 fully saturated rings. The zero-order chi connectivity index (χ0) is 17.6. The summed E-state index contributed by atoms with van der Waals surface area (Å²) in [5.74, 6) is 2.11. The number of H-pyrrole nitrogens is 1. The Bertz CT molecular complexity index is 676. The Kier molecular flexibility index (Phi) is 5.81. The number of benzene rings is 1. The van der Waals surface area contributed by atoms with Crippen molar-refractivity contribution in [1.29, 1.82) is 0 Å². The fourth-order valence-corrected chi connectivity index (χ4v) is 3.41. The summed E-state index contributed by atoms with van der Waals surface area (Å²) in [7, 11) is 0. The Labute approximate surface area is 149 Å². The van der Waals surface area contributed by atoms with E-state index >= 15 is 0 Å². The third-order valence-electron chi connectivity index (χ3n) is 4.86. The van der Waals surface area contributed by atoms with Crippen LogP contribution in [-0.4, -0.2) is 50.5 Å². The molecule has 3 rings (SSSR count). The van der Waals surface area contributed by atoms with E-state index in [0.29, 0.717) is 12.5 Å². The molecule has 1 saturated heterocycles. The van der Waals surface area contributed by atoms with Gasteiger partial charge in [0.15, 0.2) is 5.82 Å². The molecule has 2 aromatic rings. The molecule has 1 aliphatic rings. The number of hydrogen-bond acceptors (Lipinski definition) is 4. The van der Waals surface area contributed by atoms with E-state index in [2.05, 4.69) is 39.1 Å². The predicted octanol–water partition coefficient (Wildman–Crippen LogP) is 2.37. The monoisotopic (exact) mass is 341 g/mol. The van der Waals surface area contributed by atoms with Crippen LogP contribution in [0.15, 0.2) is 30.3 Å². The maximum absolute atomic E-state index is 12.9. The maximum Gasteiger partial charge on any atom is 0.226 e. The van der Waals surface area contributed by atoms with Gasteiger partial charge in [-0.05, 0) is 45.3 Å². The van der Waals surface area contributed by atoms with Crippen molar-refractivity contribution >= 4 is 5.91 Å². The number of likely N-dealkylation sites (tertiary alicyclic amines) is 1. The number of amides is 1. The molecule has 6 heteroatoms. The number of rotatable bonds is 6. The fourth-order valence-electron chi connectivity index (χ4n) is 3.41. The lowest BCUT2D eigenvalue weighted by Gasteiger charge is -2.33. The molecule has 134 valence electrons. The highest BCUT2D eigenvalue weighted by Crippen LogP contribution is 2.21. The molecular weight excluding hydrogens is 314 g/mol. The molecule has 0 saturated carbocycles. The number of aromatic nitrogens is 3. The first-order valence-corrected chi connectivity index (χ1v) is 9.08. The van der Waals surface area contributed by atoms with Gasteiger partial charge in [-0.3, -0.25) is 14.8 Å². The van der Waals surface area contributed by atoms with Crippen molar-refractivity contribution in [2.75, 3.05) is 19.6 Å². The van der Waals surface area contributed by atoms with E-state index in [1.165, 1.54) is 5.56 Å². The van der Waals surface area contributed by atoms with Gasteiger partial charge in [-0.25, -0.2) is 4.98 Å². The highest BCUT2D eigenvalue weighted by molar-refractivity contribution is 5.79. The quantitative estimate of drug-likeness (QED) is 0.876. The third kappa shape index (κ3) is 4.66. The van der Waals surface area contributed by atoms with Crippen LogP contribution in [0.3, 0.4) is 0 Å². The lowest BCUT2D eigenvalue weighted by atomic mass is 9.95. The standard InChI is InChI=1S/C19H27N5O/c1-3-24(13-16-7-5-4-6-8-16)19(25)17-9-11-23(12-10-17)14-18-20-15(2)21-22-18/h4-8,17H,3,9-14H2,1-2H3,(H,20,21,22). The average molecular weight is 341 g/mol. The van der Waals surface area contributed by atoms with Gasteiger partial charge in [-0.2, -0.15) is 5.10 Å². The lowest BCUT2D eigenvalue weighted by molar-refractivity contribution is -0.137. The Hall–Kier alpha value is -2.21. The van der Waals surface area contributed by atoms with Crippen molar-refractivity contribution in [1.82, 2.24) is 25.0 Å². The summed E-state index contributed by atoms with van der Waals surface area (Å²) in [6.07, 6.45) is 1.82. The SMILES string of the molecule is CCN(Cc1ccccc1)C(=O)C1CCN(Cc2n[nH]c(C)n2)CC1. The Balaban J connectivity index is 1.51. The molecule has 1 amide bonds. The van der Waals surface area contributed by atoms with E-state index in [4.69, 9.17) is 0 Å². The Morgan fingerprint density at radius 3 is 2.60 bits per heavy atom. The van der Waals surface area contributed by atoms with E-state index in [1.807, 2.05) is 30.0 Å². The minimum absolute atomic E-state index is 0.133. The van der Waals surface area contributed by atoms with Gasteiger partial charge in [0.05, 0.1) is 6.54 Å². The van der Waals surface area contributed by atoms with Gasteiger partial charge in [-0.1, -0.05) is 30.3 Å². The minimum Gasteiger partial charge on any atom is -0.338 e. The van der Waals surface area contributed by atoms with E-state index in [1.54, 1.807) is 0 Å². The van der Waals surface area contributed by atoms with E-state index in [0.717, 1.165) is 50.7 Å². The van der Waals surface area contributed by atoms with Crippen LogP contribution in [0.5, 0.6) is 0 Å². The molecule has 0 atom stereocenters. The number of aryl methyl sites for hydroxylation is 1. The summed E-state index contributed by atoms with van der Waals surface area (Å²) in [6.45, 7) is 8.03. The number of nitrogens with one attached hydrogen (secondary N) is 1. The molecule has 1 N–H and O–H groups in total. The van der Waals surface area contributed by atoms with Crippen molar-refractivity contribution < 1.29 is 4.79 Å². The van der Waals surface area contributed by atoms with Crippen LogP contribution in [0, 0.1) is 12.8 Å². The van der Waals surface area contributed by atoms with Crippen molar-refractivity contribution in [3.05, 3.63) is 47.5 Å². The zero-order valence-corrected chi connectivity index (χ0v) is 15.1. The van der Waals surface area contributed by atoms with Gasteiger partial charge in [-0.15, -0.1) is 0 Å². The highest BCUT2D eigenvalue weighted by Gasteiger charge is 2.28. The van der Waals surface area contributed by atoms with Gasteiger partial charge in [0.1, 0.15) is 5.82 Å². The molecule has 25 heavy (non-hydrogen) atoms. The molecule has 0 unspecified atom stereocenters. The molecule has 0 radical (unpaired) electrons. The first-order chi connectivity index (χ1) is 12.2. The normalized spacial score (nSPS) is 16.1. The number of piperidine rings is 1. The van der Waals surface area contributed by atoms with Gasteiger partial charge < -0.3 is 4.90 Å². The second kappa shape index (κ2) is 8.25. The van der Waals surface area contributed by atoms with Crippen molar-refractivity contribution in [2.24, 2.45) is 5.92 Å². The van der Waals surface area contributed by atoms with Crippen molar-refractivity contribution in [3.63, 3.8) is 0 Å². The lowest BCUT2D eigenvalue weighted by Crippen LogP contribution is -2.42. The molecule has 1 aromatic heterocycles. The molecule has 0 spiro atoms. The second-order valence-corrected chi connectivity index (χ2v) is 6.73. The van der Waals surface area contributed by atoms with Crippen LogP contribution in [0.25, 0.3) is 0 Å². The van der Waals surface area contributed by atoms with E-state index < -0.39 is 0 Å². The van der Waals surface area contributed by atoms with Crippen LogP contribution in [-0.2, 0) is 17.9 Å². The largest absolute Gasteiger partial charge is 0.338 e. The summed E-state index contributed by atoms with van der Waals surface area (Å²) >= 11 is 0. The fraction of sp³-hybridized carbons (Fsp3) is 0.526. The number of carbonyl (C=O) groups is 1. The van der Waals surface area contributed by atoms with E-state index in [-0.39, 0.29) is 5.92 Å². The zero-order valence-electron chi connectivity index (χ0n) is 15.1. The average Bonchev–Trinajstić information content (AvgIpc) is 3.05. The molecule has 6 nitrogen and oxygen atoms in total. The topological polar surface area (TPSA) is 65.1 Å². The van der Waals surface area contributed by atoms with Gasteiger partial charge in [0, 0.05) is 19.0 Å². The van der Waals surface area contributed by atoms with Gasteiger partial charge in [0.2, 0.25) is 5.91 Å². The Morgan fingerprint density at radius 1 is 1.28 bits per heavy atom. The highest BCUT2D eigenvalue weighted by atomic mass is 16.2. The smallest absolute Gasteiger partial charge is 0.226 e. The van der Waals surface area contributed by atoms with Gasteiger partial charge in [0.25, 0.3) is 0 Å². The van der Waals surface area contributed by atoms with Crippen LogP contribution in [0.4, 0.5) is 0 Å². The summed E-state index contributed by atoms with van der Waals surface area (Å²) in [4.78, 5) is 21.6. The third-order valence-corrected chi connectivity index (χ3v) is 4.86. The molecule has 0 bridgehead atoms. The molecule has 2 heterocycles. The molecule has 1 aromatic carbocycles. The predicted molar refractivity (Wildman–Crippen MR) is 96.7 cm³/mol. The Morgan fingerprint density at radius 2 is 2.00 bits per heavy atom. The summed E-state index contributed by atoms with van der Waals surface area (Å²) < 4.78 is 0. The van der Waals surface area contributed by atoms with Crippen molar-refractivity contribution in [2.45, 2.75) is 39.8 Å². The minimum atomic E-state index is 0.133. The summed E-state index contributed by atoms with van der Waals surface area (Å²) in [5.41, 5.74) is 1.19.